The van der Waals surface area contributed by atoms with Gasteiger partial charge < -0.3 is 45.1 Å². The molecule has 0 bridgehead atoms. The Labute approximate surface area is 237 Å². The fourth-order valence-electron chi connectivity index (χ4n) is 3.27. The number of hydrogen-bond donors (Lipinski definition) is 1. The van der Waals surface area contributed by atoms with Gasteiger partial charge in [-0.3, -0.25) is 0 Å². The first-order chi connectivity index (χ1) is 17.1. The molecule has 1 heterocycles. The molecule has 0 spiro atoms. The van der Waals surface area contributed by atoms with Crippen molar-refractivity contribution in [1.29, 1.82) is 0 Å². The molecule has 0 unspecified atom stereocenters. The van der Waals surface area contributed by atoms with Crippen LogP contribution in [0.4, 0.5) is 13.6 Å². The monoisotopic (exact) mass is 586 g/mol. The van der Waals surface area contributed by atoms with Gasteiger partial charge in [0.1, 0.15) is 27.2 Å². The topological polar surface area (TPSA) is 83.4 Å². The van der Waals surface area contributed by atoms with Crippen molar-refractivity contribution in [3.05, 3.63) is 91.5 Å². The molecule has 1 aliphatic heterocycles. The SMILES string of the molecule is CC(C)(C)OC(=O)NCCC[C@@]1(c2ccccc2)SC(c2cc(F)ccc2F)=NN1[C-]=O.[CH-]=CN=[CH-].[CH3-].[Ni]. The maximum absolute atomic E-state index is 14.4. The molecular formula is C27H30F2N4NiO3S-4. The fraction of sp³-hybridized carbons (Fsp3) is 0.296. The third-order valence-corrected chi connectivity index (χ3v) is 6.16. The minimum absolute atomic E-state index is 0. The molecule has 2 aromatic rings. The molecule has 11 heteroatoms. The Hall–Kier alpha value is -3.04. The molecule has 0 saturated heterocycles. The number of amides is 2. The van der Waals surface area contributed by atoms with Crippen molar-refractivity contribution in [2.75, 3.05) is 6.54 Å². The summed E-state index contributed by atoms with van der Waals surface area (Å²) >= 11 is 1.15. The number of carbonyl (C=O) groups excluding carboxylic acids is 2. The maximum Gasteiger partial charge on any atom is 0.407 e. The van der Waals surface area contributed by atoms with Crippen LogP contribution >= 0.6 is 11.8 Å². The zero-order chi connectivity index (χ0) is 26.8. The van der Waals surface area contributed by atoms with Gasteiger partial charge in [-0.25, -0.2) is 13.6 Å². The number of nitrogens with one attached hydrogen (secondary N) is 1. The molecule has 3 rings (SSSR count). The van der Waals surface area contributed by atoms with E-state index in [1.165, 1.54) is 0 Å². The number of carbonyl (C=O) groups is 1. The molecule has 1 atom stereocenters. The second-order valence-corrected chi connectivity index (χ2v) is 9.78. The summed E-state index contributed by atoms with van der Waals surface area (Å²) < 4.78 is 33.4. The summed E-state index contributed by atoms with van der Waals surface area (Å²) in [7, 11) is 0. The number of nitrogens with zero attached hydrogens (tertiary/aromatic N) is 3. The molecule has 0 saturated carbocycles. The minimum atomic E-state index is -1.02. The summed E-state index contributed by atoms with van der Waals surface area (Å²) in [4.78, 5) is 25.6. The van der Waals surface area contributed by atoms with Crippen LogP contribution in [0.15, 0.2) is 64.8 Å². The Balaban J connectivity index is 0.00000213. The number of hydrogen-bond acceptors (Lipinski definition) is 6. The third kappa shape index (κ3) is 9.69. The summed E-state index contributed by atoms with van der Waals surface area (Å²) in [5, 5.41) is 8.22. The molecule has 210 valence electrons. The number of ether oxygens (including phenoxy) is 1. The Bertz CT molecular complexity index is 1110. The number of rotatable bonds is 8. The second-order valence-electron chi connectivity index (χ2n) is 8.52. The quantitative estimate of drug-likeness (QED) is 0.182. The van der Waals surface area contributed by atoms with Crippen LogP contribution < -0.4 is 5.32 Å². The summed E-state index contributed by atoms with van der Waals surface area (Å²) in [6.45, 7) is 14.7. The van der Waals surface area contributed by atoms with Crippen molar-refractivity contribution in [2.45, 2.75) is 44.1 Å². The largest absolute Gasteiger partial charge is 0.601 e. The number of thioether (sulfide) groups is 1. The van der Waals surface area contributed by atoms with Gasteiger partial charge in [0.2, 0.25) is 0 Å². The number of halogens is 2. The summed E-state index contributed by atoms with van der Waals surface area (Å²) in [6, 6.07) is 12.2. The summed E-state index contributed by atoms with van der Waals surface area (Å²) in [6.07, 6.45) is 3.14. The standard InChI is InChI=1S/C23H24F2N3O3S.C3H3N.CH3.Ni/c1-22(2,3)31-21(30)26-13-7-12-23(16-8-5-4-6-9-16)28(15-29)27-20(32-23)18-14-17(24)10-11-19(18)25;1-3-4-2;;/h4-6,8-11,14H,7,12-13H2,1-3H3,(H,26,30);1-3H;1H3;/q-1;-2;-1;/t23-;;;/m0.../s1. The van der Waals surface area contributed by atoms with Gasteiger partial charge in [0.25, 0.3) is 0 Å². The van der Waals surface area contributed by atoms with Gasteiger partial charge in [-0.15, -0.1) is 6.41 Å². The summed E-state index contributed by atoms with van der Waals surface area (Å²) in [5.41, 5.74) is 0.110. The summed E-state index contributed by atoms with van der Waals surface area (Å²) in [5.74, 6) is -1.25. The van der Waals surface area contributed by atoms with Crippen LogP contribution in [-0.2, 0) is 30.9 Å². The van der Waals surface area contributed by atoms with Crippen molar-refractivity contribution in [3.63, 3.8) is 0 Å². The number of benzene rings is 2. The Morgan fingerprint density at radius 1 is 1.26 bits per heavy atom. The van der Waals surface area contributed by atoms with Crippen LogP contribution in [0.2, 0.25) is 0 Å². The average Bonchev–Trinajstić information content (AvgIpc) is 3.22. The predicted molar refractivity (Wildman–Crippen MR) is 143 cm³/mol. The van der Waals surface area contributed by atoms with Crippen molar-refractivity contribution in [1.82, 2.24) is 10.3 Å². The molecule has 2 amide bonds. The molecule has 1 N–H and O–H groups in total. The van der Waals surface area contributed by atoms with Gasteiger partial charge in [-0.2, -0.15) is 11.8 Å². The van der Waals surface area contributed by atoms with Crippen LogP contribution in [0.1, 0.15) is 44.7 Å². The molecule has 0 aliphatic carbocycles. The van der Waals surface area contributed by atoms with E-state index in [0.717, 1.165) is 46.7 Å². The first kappa shape index (κ1) is 35.0. The first-order valence-electron chi connectivity index (χ1n) is 10.9. The molecule has 2 aromatic carbocycles. The van der Waals surface area contributed by atoms with Crippen LogP contribution in [0.3, 0.4) is 0 Å². The van der Waals surface area contributed by atoms with E-state index in [1.807, 2.05) is 36.7 Å². The predicted octanol–water partition coefficient (Wildman–Crippen LogP) is 5.86. The molecule has 0 radical (unpaired) electrons. The molecule has 0 fully saturated rings. The van der Waals surface area contributed by atoms with Crippen LogP contribution in [0.5, 0.6) is 0 Å². The van der Waals surface area contributed by atoms with Gasteiger partial charge in [0.15, 0.2) is 0 Å². The van der Waals surface area contributed by atoms with Crippen molar-refractivity contribution in [3.8, 4) is 0 Å². The van der Waals surface area contributed by atoms with Crippen LogP contribution in [0, 0.1) is 25.6 Å². The maximum atomic E-state index is 14.4. The Morgan fingerprint density at radius 3 is 2.45 bits per heavy atom. The van der Waals surface area contributed by atoms with Crippen molar-refractivity contribution >= 4 is 36.0 Å². The van der Waals surface area contributed by atoms with Crippen LogP contribution in [-0.4, -0.2) is 41.4 Å². The van der Waals surface area contributed by atoms with E-state index < -0.39 is 28.2 Å². The van der Waals surface area contributed by atoms with E-state index in [9.17, 15) is 18.4 Å². The average molecular weight is 587 g/mol. The molecule has 1 aliphatic rings. The molecule has 38 heavy (non-hydrogen) atoms. The van der Waals surface area contributed by atoms with Crippen molar-refractivity contribution < 1.29 is 39.6 Å². The van der Waals surface area contributed by atoms with E-state index >= 15 is 0 Å². The number of aliphatic imine (C=N–C) groups is 1. The van der Waals surface area contributed by atoms with E-state index in [4.69, 9.17) is 4.74 Å². The number of alkyl carbamates (subject to hydrolysis) is 1. The fourth-order valence-corrected chi connectivity index (χ4v) is 4.65. The zero-order valence-corrected chi connectivity index (χ0v) is 23.3. The van der Waals surface area contributed by atoms with Crippen molar-refractivity contribution in [2.24, 2.45) is 10.1 Å². The van der Waals surface area contributed by atoms with Crippen LogP contribution in [0.25, 0.3) is 0 Å². The van der Waals surface area contributed by atoms with E-state index in [-0.39, 0.29) is 34.5 Å². The second kappa shape index (κ2) is 16.0. The smallest absolute Gasteiger partial charge is 0.407 e. The third-order valence-electron chi connectivity index (χ3n) is 4.72. The molecule has 0 aromatic heterocycles. The van der Waals surface area contributed by atoms with E-state index in [2.05, 4.69) is 28.7 Å². The van der Waals surface area contributed by atoms with Gasteiger partial charge in [-0.05, 0) is 57.4 Å². The Kier molecular flexibility index (Phi) is 14.8. The van der Waals surface area contributed by atoms with E-state index in [0.29, 0.717) is 19.4 Å². The normalized spacial score (nSPS) is 15.9. The van der Waals surface area contributed by atoms with Gasteiger partial charge >= 0.3 is 6.09 Å². The van der Waals surface area contributed by atoms with Gasteiger partial charge in [0.05, 0.1) is 0 Å². The Morgan fingerprint density at radius 2 is 1.89 bits per heavy atom. The zero-order valence-electron chi connectivity index (χ0n) is 21.5. The first-order valence-corrected chi connectivity index (χ1v) is 11.7. The van der Waals surface area contributed by atoms with Gasteiger partial charge in [0, 0.05) is 28.6 Å². The van der Waals surface area contributed by atoms with E-state index in [1.54, 1.807) is 20.8 Å². The minimum Gasteiger partial charge on any atom is -0.601 e. The number of hydrazone groups is 1. The van der Waals surface area contributed by atoms with Gasteiger partial charge in [-0.1, -0.05) is 42.1 Å². The molecule has 7 nitrogen and oxygen atoms in total. The molecular weight excluding hydrogens is 557 g/mol.